The van der Waals surface area contributed by atoms with Gasteiger partial charge in [-0.15, -0.1) is 0 Å². The molecule has 2 rings (SSSR count). The van der Waals surface area contributed by atoms with E-state index in [1.807, 2.05) is 19.1 Å². The molecule has 1 N–H and O–H groups in total. The molecule has 2 nitrogen and oxygen atoms in total. The van der Waals surface area contributed by atoms with Crippen molar-refractivity contribution >= 4 is 0 Å². The van der Waals surface area contributed by atoms with Crippen LogP contribution in [0, 0.1) is 13.8 Å². The van der Waals surface area contributed by atoms with E-state index in [0.717, 1.165) is 17.7 Å². The van der Waals surface area contributed by atoms with Crippen LogP contribution in [0.25, 0.3) is 0 Å². The number of aryl methyl sites for hydroxylation is 3. The van der Waals surface area contributed by atoms with Crippen LogP contribution >= 0.6 is 0 Å². The third-order valence-electron chi connectivity index (χ3n) is 3.36. The minimum Gasteiger partial charge on any atom is -0.463 e. The fourth-order valence-corrected chi connectivity index (χ4v) is 2.02. The highest BCUT2D eigenvalue weighted by Crippen LogP contribution is 2.22. The Hall–Kier alpha value is -1.54. The van der Waals surface area contributed by atoms with E-state index in [4.69, 9.17) is 4.42 Å². The Morgan fingerprint density at radius 1 is 1.11 bits per heavy atom. The molecule has 1 unspecified atom stereocenters. The lowest BCUT2D eigenvalue weighted by Gasteiger charge is -2.09. The number of benzene rings is 1. The highest BCUT2D eigenvalue weighted by Gasteiger charge is 2.13. The zero-order chi connectivity index (χ0) is 13.1. The molecule has 18 heavy (non-hydrogen) atoms. The molecule has 0 saturated carbocycles. The van der Waals surface area contributed by atoms with Crippen molar-refractivity contribution in [3.63, 3.8) is 0 Å². The summed E-state index contributed by atoms with van der Waals surface area (Å²) in [4.78, 5) is 0. The summed E-state index contributed by atoms with van der Waals surface area (Å²) in [5, 5.41) is 10.1. The third kappa shape index (κ3) is 2.82. The van der Waals surface area contributed by atoms with Gasteiger partial charge in [0.05, 0.1) is 0 Å². The summed E-state index contributed by atoms with van der Waals surface area (Å²) in [6.45, 7) is 6.22. The number of hydrogen-bond donors (Lipinski definition) is 1. The van der Waals surface area contributed by atoms with Crippen molar-refractivity contribution in [2.45, 2.75) is 39.7 Å². The van der Waals surface area contributed by atoms with Gasteiger partial charge in [-0.3, -0.25) is 0 Å². The Kier molecular flexibility index (Phi) is 3.87. The quantitative estimate of drug-likeness (QED) is 0.889. The smallest absolute Gasteiger partial charge is 0.133 e. The number of furan rings is 1. The Labute approximate surface area is 108 Å². The van der Waals surface area contributed by atoms with Gasteiger partial charge < -0.3 is 9.52 Å². The normalized spacial score (nSPS) is 12.7. The molecular weight excluding hydrogens is 224 g/mol. The van der Waals surface area contributed by atoms with E-state index in [9.17, 15) is 5.11 Å². The van der Waals surface area contributed by atoms with Gasteiger partial charge in [0.15, 0.2) is 0 Å². The van der Waals surface area contributed by atoms with Gasteiger partial charge in [0.2, 0.25) is 0 Å². The fraction of sp³-hybridized carbons (Fsp3) is 0.375. The first-order chi connectivity index (χ1) is 8.60. The van der Waals surface area contributed by atoms with Gasteiger partial charge in [0.1, 0.15) is 17.6 Å². The van der Waals surface area contributed by atoms with E-state index in [1.54, 1.807) is 0 Å². The molecule has 0 radical (unpaired) electrons. The Bertz CT molecular complexity index is 526. The molecular formula is C16H20O2. The van der Waals surface area contributed by atoms with Gasteiger partial charge in [-0.25, -0.2) is 0 Å². The van der Waals surface area contributed by atoms with Crippen molar-refractivity contribution in [1.29, 1.82) is 0 Å². The molecule has 2 heteroatoms. The molecule has 1 atom stereocenters. The summed E-state index contributed by atoms with van der Waals surface area (Å²) in [6, 6.07) is 10.1. The minimum atomic E-state index is -0.563. The average Bonchev–Trinajstić information content (AvgIpc) is 2.82. The van der Waals surface area contributed by atoms with Crippen LogP contribution in [0.2, 0.25) is 0 Å². The van der Waals surface area contributed by atoms with Crippen LogP contribution in [0.4, 0.5) is 0 Å². The number of hydrogen-bond acceptors (Lipinski definition) is 2. The van der Waals surface area contributed by atoms with Gasteiger partial charge >= 0.3 is 0 Å². The molecule has 0 aliphatic rings. The Morgan fingerprint density at radius 2 is 1.89 bits per heavy atom. The first-order valence-corrected chi connectivity index (χ1v) is 6.43. The van der Waals surface area contributed by atoms with Crippen molar-refractivity contribution in [3.8, 4) is 0 Å². The van der Waals surface area contributed by atoms with Gasteiger partial charge in [0, 0.05) is 12.8 Å². The first kappa shape index (κ1) is 12.9. The summed E-state index contributed by atoms with van der Waals surface area (Å²) in [7, 11) is 0. The highest BCUT2D eigenvalue weighted by atomic mass is 16.4. The Morgan fingerprint density at radius 3 is 2.50 bits per heavy atom. The summed E-state index contributed by atoms with van der Waals surface area (Å²) >= 11 is 0. The van der Waals surface area contributed by atoms with Crippen LogP contribution < -0.4 is 0 Å². The van der Waals surface area contributed by atoms with Crippen molar-refractivity contribution < 1.29 is 9.52 Å². The summed E-state index contributed by atoms with van der Waals surface area (Å²) in [6.07, 6.45) is 0.890. The lowest BCUT2D eigenvalue weighted by Crippen LogP contribution is -2.01. The molecule has 0 spiro atoms. The number of rotatable bonds is 4. The van der Waals surface area contributed by atoms with Gasteiger partial charge in [0.25, 0.3) is 0 Å². The van der Waals surface area contributed by atoms with Gasteiger partial charge in [-0.1, -0.05) is 25.1 Å². The van der Waals surface area contributed by atoms with Crippen LogP contribution in [-0.2, 0) is 12.8 Å². The van der Waals surface area contributed by atoms with Crippen LogP contribution in [0.15, 0.2) is 34.7 Å². The van der Waals surface area contributed by atoms with Gasteiger partial charge in [-0.05, 0) is 42.7 Å². The Balaban J connectivity index is 2.10. The molecule has 0 amide bonds. The second-order valence-corrected chi connectivity index (χ2v) is 4.80. The van der Waals surface area contributed by atoms with Crippen LogP contribution in [0.3, 0.4) is 0 Å². The van der Waals surface area contributed by atoms with E-state index in [0.29, 0.717) is 12.2 Å². The number of aliphatic hydroxyl groups excluding tert-OH is 1. The van der Waals surface area contributed by atoms with E-state index >= 15 is 0 Å². The summed E-state index contributed by atoms with van der Waals surface area (Å²) in [5.74, 6) is 1.58. The predicted molar refractivity (Wildman–Crippen MR) is 72.7 cm³/mol. The highest BCUT2D eigenvalue weighted by molar-refractivity contribution is 5.30. The molecule has 0 fully saturated rings. The van der Waals surface area contributed by atoms with Crippen molar-refractivity contribution in [2.75, 3.05) is 0 Å². The summed E-state index contributed by atoms with van der Waals surface area (Å²) < 4.78 is 5.57. The van der Waals surface area contributed by atoms with E-state index in [1.165, 1.54) is 11.1 Å². The van der Waals surface area contributed by atoms with E-state index in [2.05, 4.69) is 32.0 Å². The van der Waals surface area contributed by atoms with Crippen molar-refractivity contribution in [2.24, 2.45) is 0 Å². The molecule has 96 valence electrons. The number of aliphatic hydroxyl groups is 1. The largest absolute Gasteiger partial charge is 0.463 e. The molecule has 2 aromatic rings. The van der Waals surface area contributed by atoms with E-state index < -0.39 is 6.10 Å². The van der Waals surface area contributed by atoms with Crippen molar-refractivity contribution in [3.05, 3.63) is 58.5 Å². The second-order valence-electron chi connectivity index (χ2n) is 4.80. The zero-order valence-electron chi connectivity index (χ0n) is 11.2. The maximum absolute atomic E-state index is 10.1. The molecule has 1 heterocycles. The average molecular weight is 244 g/mol. The molecule has 0 aliphatic heterocycles. The lowest BCUT2D eigenvalue weighted by atomic mass is 10.0. The van der Waals surface area contributed by atoms with Crippen LogP contribution in [0.1, 0.15) is 41.2 Å². The fourth-order valence-electron chi connectivity index (χ4n) is 2.02. The molecule has 0 saturated heterocycles. The molecule has 0 bridgehead atoms. The summed E-state index contributed by atoms with van der Waals surface area (Å²) in [5.41, 5.74) is 3.67. The first-order valence-electron chi connectivity index (χ1n) is 6.43. The van der Waals surface area contributed by atoms with Crippen LogP contribution in [-0.4, -0.2) is 5.11 Å². The SMILES string of the molecule is CCc1ccc(C(O)Cc2ccc(C)c(C)c2)o1. The standard InChI is InChI=1S/C16H20O2/c1-4-14-7-8-16(18-14)15(17)10-13-6-5-11(2)12(3)9-13/h5-9,15,17H,4,10H2,1-3H3. The predicted octanol–water partition coefficient (Wildman–Crippen LogP) is 3.73. The maximum Gasteiger partial charge on any atom is 0.133 e. The second kappa shape index (κ2) is 5.40. The topological polar surface area (TPSA) is 33.4 Å². The molecule has 1 aromatic heterocycles. The molecule has 1 aromatic carbocycles. The third-order valence-corrected chi connectivity index (χ3v) is 3.36. The van der Waals surface area contributed by atoms with Crippen LogP contribution in [0.5, 0.6) is 0 Å². The van der Waals surface area contributed by atoms with Gasteiger partial charge in [-0.2, -0.15) is 0 Å². The molecule has 0 aliphatic carbocycles. The zero-order valence-corrected chi connectivity index (χ0v) is 11.2. The maximum atomic E-state index is 10.1. The van der Waals surface area contributed by atoms with Crippen molar-refractivity contribution in [1.82, 2.24) is 0 Å². The lowest BCUT2D eigenvalue weighted by molar-refractivity contribution is 0.148. The van der Waals surface area contributed by atoms with E-state index in [-0.39, 0.29) is 0 Å². The monoisotopic (exact) mass is 244 g/mol. The minimum absolute atomic E-state index is 0.563.